The number of nitrogens with zero attached hydrogens (tertiary/aromatic N) is 12. The number of hydrogen-bond donors (Lipinski definition) is 9. The van der Waals surface area contributed by atoms with E-state index in [9.17, 15) is 34.5 Å². The predicted molar refractivity (Wildman–Crippen MR) is 527 cm³/mol. The van der Waals surface area contributed by atoms with Crippen molar-refractivity contribution in [1.29, 1.82) is 0 Å². The molecule has 0 bridgehead atoms. The van der Waals surface area contributed by atoms with Crippen molar-refractivity contribution in [3.05, 3.63) is 167 Å². The highest BCUT2D eigenvalue weighted by Gasteiger charge is 2.50. The SMILES string of the molecule is C.C.C1CC2(CCO1)CO2.C=C1CCOCC1.CC1(C)c2[nH]nc(NC(=O)c3ccccn3)c2CN1C(=O)Cl.C[C@@H]1CN(C(=O)N2Cc3c(NC(=O)c4ccccn4)n[nH]c3C2(C)C)[C@@H](C)CN1CC1(O)CCOCC1.C[C@@H]1CN(Cc2ccccc2)[C@@H](C)CN1.C[C@@H]1CN(Cc2ccccc2)[C@@H](C)CN1CC1(O)CCOCC1.C[C@@H]1CN[C@@H](C)CN1CC1(O)CCOCC1.ClCCl.[HH]. The van der Waals surface area contributed by atoms with Crippen LogP contribution in [0.2, 0.25) is 0 Å². The number of benzene rings is 2. The Labute approximate surface area is 807 Å². The third-order valence-electron chi connectivity index (χ3n) is 27.4. The standard InChI is InChI=1S/C26H37N7O4.C19H30N2O2.C14H14ClN5O2.C13H20N2.C12H24N2O2.C6H10O2.C6H10O.CH2Cl2.2CH4.H2/c1-17-14-32(18(2)13-31(17)16-26(36)8-11-37-12-9-26)24(35)33-15-19-21(25(33,3)4)29-30-22(19)28-23(34)20-7-5-6-10-27-20;1-16-13-21(15-19(22)8-10-23-11-9-19)17(2)12-20(16)14-18-6-4-3-5-7-18;1-14(2)10-8(7-20(14)13(15)22)11(19-18-10)17-12(21)9-5-3-4-6-16-9;1-11-9-15(12(2)8-14-11)10-13-6-4-3-5-7-13;1-10-8-14(11(2)7-13-10)9-12(15)3-5-16-6-4-12;1-3-7-4-2-6(1)5-8-6;1-6-2-4-7-5-3-6;2-1-3;;;/h5-7,10,17-18,36H,8-9,11-16H2,1-4H3,(H2,28,29,30,34);3-7,16-17,22H,8-15H2,1-2H3;3-6H,7H2,1-2H3,(H2,17,18,19,21);3-7,11-12,14H,8-10H2,1-2H3;10-11,13,15H,3-9H2,1-2H3;1-5H2;1-5H2;1H2;2*1H4;1H/t17-,18+;16-,17+;;11-,12+;10-,11+;;;;;;/m10.10....../s1. The number of fused-ring (bicyclic) bond motifs is 2. The number of pyridine rings is 2. The summed E-state index contributed by atoms with van der Waals surface area (Å²) in [5.41, 5.74) is 5.13. The number of aliphatic hydroxyl groups is 3. The van der Waals surface area contributed by atoms with Crippen molar-refractivity contribution >= 4 is 69.7 Å². The number of epoxide rings is 1. The van der Waals surface area contributed by atoms with Crippen LogP contribution < -0.4 is 21.3 Å². The molecule has 31 nitrogen and oxygen atoms in total. The quantitative estimate of drug-likeness (QED) is 0.0161. The summed E-state index contributed by atoms with van der Waals surface area (Å²) in [4.78, 5) is 75.9. The van der Waals surface area contributed by atoms with Crippen molar-refractivity contribution in [2.45, 2.75) is 270 Å². The van der Waals surface area contributed by atoms with E-state index in [1.807, 2.05) is 37.5 Å². The first-order valence-corrected chi connectivity index (χ1v) is 48.5. The maximum Gasteiger partial charge on any atom is 0.321 e. The number of urea groups is 1. The highest BCUT2D eigenvalue weighted by molar-refractivity contribution is 6.62. The number of piperazine rings is 4. The van der Waals surface area contributed by atoms with Gasteiger partial charge in [0.25, 0.3) is 11.8 Å². The van der Waals surface area contributed by atoms with Crippen molar-refractivity contribution in [1.82, 2.24) is 80.2 Å². The van der Waals surface area contributed by atoms with E-state index >= 15 is 0 Å². The van der Waals surface area contributed by atoms with Gasteiger partial charge in [0, 0.05) is 263 Å². The minimum absolute atomic E-state index is 0. The minimum atomic E-state index is -0.735. The predicted octanol–water partition coefficient (Wildman–Crippen LogP) is 13.7. The van der Waals surface area contributed by atoms with Crippen LogP contribution in [0.1, 0.15) is 218 Å². The van der Waals surface area contributed by atoms with Crippen LogP contribution in [-0.4, -0.2) is 329 Å². The molecule has 2 aromatic carbocycles. The van der Waals surface area contributed by atoms with Crippen LogP contribution in [-0.2, 0) is 65.7 Å². The Balaban J connectivity index is 0.000000201. The molecule has 16 heterocycles. The number of aromatic amines is 2. The largest absolute Gasteiger partial charge is 0.388 e. The minimum Gasteiger partial charge on any atom is -0.388 e. The fourth-order valence-corrected chi connectivity index (χ4v) is 18.9. The molecule has 0 saturated carbocycles. The lowest BCUT2D eigenvalue weighted by Gasteiger charge is -2.49. The molecule has 0 unspecified atom stereocenters. The first-order chi connectivity index (χ1) is 62.6. The van der Waals surface area contributed by atoms with Crippen LogP contribution in [0.25, 0.3) is 0 Å². The van der Waals surface area contributed by atoms with Crippen LogP contribution in [0.4, 0.5) is 21.2 Å². The van der Waals surface area contributed by atoms with Gasteiger partial charge in [-0.05, 0) is 143 Å². The summed E-state index contributed by atoms with van der Waals surface area (Å²) in [5, 5.41) is 58.9. The van der Waals surface area contributed by atoms with Gasteiger partial charge in [-0.15, -0.1) is 23.2 Å². The number of carbonyl (C=O) groups is 4. The Morgan fingerprint density at radius 1 is 0.474 bits per heavy atom. The molecule has 742 valence electrons. The summed E-state index contributed by atoms with van der Waals surface area (Å²) in [6.45, 7) is 50.3. The average Bonchev–Trinajstić information content (AvgIpc) is 1.58. The highest BCUT2D eigenvalue weighted by atomic mass is 35.5. The zero-order chi connectivity index (χ0) is 94.1. The lowest BCUT2D eigenvalue weighted by Crippen LogP contribution is -2.63. The third kappa shape index (κ3) is 31.4. The number of halogens is 3. The molecular formula is C99H157Cl3N18O13. The molecule has 5 amide bonds. The molecule has 0 aliphatic carbocycles. The molecule has 12 aliphatic rings. The van der Waals surface area contributed by atoms with Gasteiger partial charge in [-0.2, -0.15) is 10.2 Å². The third-order valence-corrected chi connectivity index (χ3v) is 27.6. The van der Waals surface area contributed by atoms with E-state index in [1.54, 1.807) is 48.8 Å². The molecule has 133 heavy (non-hydrogen) atoms. The van der Waals surface area contributed by atoms with E-state index in [-0.39, 0.29) is 51.5 Å². The van der Waals surface area contributed by atoms with E-state index in [4.69, 9.17) is 63.2 Å². The normalized spacial score (nSPS) is 25.5. The zero-order valence-corrected chi connectivity index (χ0v) is 81.6. The Bertz CT molecular complexity index is 4500. The summed E-state index contributed by atoms with van der Waals surface area (Å²) in [7, 11) is 0. The van der Waals surface area contributed by atoms with E-state index in [1.165, 1.54) is 21.6 Å². The second kappa shape index (κ2) is 51.5. The number of hydrogen-bond acceptors (Lipinski definition) is 24. The molecule has 1 spiro atoms. The monoisotopic (exact) mass is 1910 g/mol. The molecule has 12 aliphatic heterocycles. The number of alkyl halides is 2. The van der Waals surface area contributed by atoms with E-state index in [0.717, 1.165) is 172 Å². The Kier molecular flexibility index (Phi) is 42.4. The zero-order valence-electron chi connectivity index (χ0n) is 79.3. The molecule has 4 aromatic heterocycles. The van der Waals surface area contributed by atoms with Crippen molar-refractivity contribution < 1.29 is 64.3 Å². The van der Waals surface area contributed by atoms with Crippen molar-refractivity contribution in [3.63, 3.8) is 0 Å². The van der Waals surface area contributed by atoms with Crippen LogP contribution >= 0.6 is 34.8 Å². The number of anilines is 2. The van der Waals surface area contributed by atoms with Gasteiger partial charge in [0.2, 0.25) is 0 Å². The van der Waals surface area contributed by atoms with E-state index in [0.29, 0.717) is 150 Å². The summed E-state index contributed by atoms with van der Waals surface area (Å²) in [6.07, 6.45) is 11.8. The number of nitrogens with one attached hydrogen (secondary N) is 6. The first-order valence-electron chi connectivity index (χ1n) is 47.0. The number of H-pyrrole nitrogens is 2. The maximum atomic E-state index is 13.9. The number of ether oxygens (including phenoxy) is 6. The maximum absolute atomic E-state index is 13.9. The van der Waals surface area contributed by atoms with Gasteiger partial charge >= 0.3 is 11.4 Å². The number of carbonyl (C=O) groups excluding carboxylic acids is 4. The Morgan fingerprint density at radius 3 is 1.21 bits per heavy atom. The molecule has 10 saturated heterocycles. The molecule has 8 atom stereocenters. The van der Waals surface area contributed by atoms with Crippen molar-refractivity contribution in [3.8, 4) is 0 Å². The van der Waals surface area contributed by atoms with Crippen LogP contribution in [0, 0.1) is 0 Å². The van der Waals surface area contributed by atoms with E-state index < -0.39 is 33.2 Å². The van der Waals surface area contributed by atoms with Crippen LogP contribution in [0.15, 0.2) is 122 Å². The smallest absolute Gasteiger partial charge is 0.321 e. The second-order valence-corrected chi connectivity index (χ2v) is 39.7. The van der Waals surface area contributed by atoms with Gasteiger partial charge in [-0.3, -0.25) is 59.0 Å². The molecule has 0 radical (unpaired) electrons. The lowest BCUT2D eigenvalue weighted by molar-refractivity contribution is -0.0958. The van der Waals surface area contributed by atoms with E-state index in [2.05, 4.69) is 199 Å². The average molecular weight is 1910 g/mol. The summed E-state index contributed by atoms with van der Waals surface area (Å²) < 4.78 is 31.6. The number of rotatable bonds is 14. The Morgan fingerprint density at radius 2 is 0.820 bits per heavy atom. The fraction of sp³-hybridized carbons (Fsp3) is 0.657. The first kappa shape index (κ1) is 109. The molecule has 6 aromatic rings. The molecular weight excluding hydrogens is 1760 g/mol. The van der Waals surface area contributed by atoms with Crippen molar-refractivity contribution in [2.75, 3.05) is 161 Å². The fourth-order valence-electron chi connectivity index (χ4n) is 18.6. The van der Waals surface area contributed by atoms with Crippen molar-refractivity contribution in [2.24, 2.45) is 0 Å². The second-order valence-electron chi connectivity index (χ2n) is 38.6. The Hall–Kier alpha value is -7.19. The molecule has 34 heteroatoms. The number of amides is 5. The summed E-state index contributed by atoms with van der Waals surface area (Å²) in [5.74, 6) is 0.106. The summed E-state index contributed by atoms with van der Waals surface area (Å²) >= 11 is 15.2. The highest BCUT2D eigenvalue weighted by Crippen LogP contribution is 2.44. The van der Waals surface area contributed by atoms with Gasteiger partial charge in [0.15, 0.2) is 11.6 Å². The van der Waals surface area contributed by atoms with Crippen LogP contribution in [0.5, 0.6) is 0 Å². The molecule has 9 N–H and O–H groups in total. The number of aromatic nitrogens is 6. The van der Waals surface area contributed by atoms with Gasteiger partial charge in [0.1, 0.15) is 11.4 Å². The van der Waals surface area contributed by atoms with Gasteiger partial charge < -0.3 is 79.7 Å². The molecule has 10 fully saturated rings. The summed E-state index contributed by atoms with van der Waals surface area (Å²) in [6, 6.07) is 35.0. The van der Waals surface area contributed by atoms with Gasteiger partial charge in [0.05, 0.1) is 83.1 Å². The van der Waals surface area contributed by atoms with Gasteiger partial charge in [-0.1, -0.05) is 99.8 Å². The molecule has 18 rings (SSSR count). The van der Waals surface area contributed by atoms with Gasteiger partial charge in [-0.25, -0.2) is 4.79 Å². The van der Waals surface area contributed by atoms with Crippen LogP contribution in [0.3, 0.4) is 0 Å². The lowest BCUT2D eigenvalue weighted by atomic mass is 9.92. The topological polar surface area (TPSA) is 345 Å². The number of β-amino-alcohol motifs (C(OH)–C–C–N with tert-alkyl or cyclic N) is 3.